The Balaban J connectivity index is 2.03. The molecule has 1 heterocycles. The Labute approximate surface area is 120 Å². The zero-order valence-electron chi connectivity index (χ0n) is 12.2. The molecule has 1 atom stereocenters. The molecule has 2 aromatic rings. The van der Waals surface area contributed by atoms with Crippen LogP contribution in [0.5, 0.6) is 0 Å². The quantitative estimate of drug-likeness (QED) is 0.840. The second kappa shape index (κ2) is 7.27. The Kier molecular flexibility index (Phi) is 5.39. The lowest BCUT2D eigenvalue weighted by Crippen LogP contribution is -2.31. The minimum absolute atomic E-state index is 0.297. The number of aliphatic hydroxyl groups is 1. The third kappa shape index (κ3) is 4.51. The number of aliphatic hydroxyl groups excluding tert-OH is 1. The largest absolute Gasteiger partial charge is 0.465 e. The number of aryl methyl sites for hydroxylation is 1. The Hall–Kier alpha value is -1.58. The first-order valence-corrected chi connectivity index (χ1v) is 7.17. The Morgan fingerprint density at radius 1 is 1.10 bits per heavy atom. The van der Waals surface area contributed by atoms with E-state index < -0.39 is 0 Å². The summed E-state index contributed by atoms with van der Waals surface area (Å²) in [6, 6.07) is 14.3. The van der Waals surface area contributed by atoms with Crippen molar-refractivity contribution >= 4 is 0 Å². The molecular weight excluding hydrogens is 250 g/mol. The fourth-order valence-electron chi connectivity index (χ4n) is 2.24. The van der Waals surface area contributed by atoms with Gasteiger partial charge in [-0.15, -0.1) is 0 Å². The molecule has 108 valence electrons. The predicted molar refractivity (Wildman–Crippen MR) is 80.3 cm³/mol. The molecule has 0 spiro atoms. The van der Waals surface area contributed by atoms with Gasteiger partial charge in [0.1, 0.15) is 11.5 Å². The SMILES string of the molecule is CCC(O)CN(Cc1ccccc1)Cc1ccc(C)o1. The lowest BCUT2D eigenvalue weighted by Gasteiger charge is -2.23. The molecule has 0 aliphatic carbocycles. The van der Waals surface area contributed by atoms with Crippen LogP contribution in [0.4, 0.5) is 0 Å². The van der Waals surface area contributed by atoms with Gasteiger partial charge in [0.25, 0.3) is 0 Å². The summed E-state index contributed by atoms with van der Waals surface area (Å²) in [6.45, 7) is 6.15. The molecular formula is C17H23NO2. The summed E-state index contributed by atoms with van der Waals surface area (Å²) in [5.74, 6) is 1.87. The first-order chi connectivity index (χ1) is 9.67. The number of furan rings is 1. The monoisotopic (exact) mass is 273 g/mol. The van der Waals surface area contributed by atoms with Gasteiger partial charge in [-0.25, -0.2) is 0 Å². The molecule has 20 heavy (non-hydrogen) atoms. The normalized spacial score (nSPS) is 12.8. The van der Waals surface area contributed by atoms with E-state index in [4.69, 9.17) is 4.42 Å². The van der Waals surface area contributed by atoms with Crippen molar-refractivity contribution in [2.24, 2.45) is 0 Å². The van der Waals surface area contributed by atoms with Crippen molar-refractivity contribution in [3.05, 3.63) is 59.5 Å². The van der Waals surface area contributed by atoms with Crippen molar-refractivity contribution in [3.8, 4) is 0 Å². The lowest BCUT2D eigenvalue weighted by atomic mass is 10.2. The molecule has 0 radical (unpaired) electrons. The summed E-state index contributed by atoms with van der Waals surface area (Å²) >= 11 is 0. The molecule has 0 bridgehead atoms. The molecule has 0 amide bonds. The fourth-order valence-corrected chi connectivity index (χ4v) is 2.24. The van der Waals surface area contributed by atoms with Crippen LogP contribution in [0.15, 0.2) is 46.9 Å². The van der Waals surface area contributed by atoms with Gasteiger partial charge in [0.15, 0.2) is 0 Å². The van der Waals surface area contributed by atoms with Crippen molar-refractivity contribution < 1.29 is 9.52 Å². The highest BCUT2D eigenvalue weighted by Crippen LogP contribution is 2.13. The molecule has 3 heteroatoms. The summed E-state index contributed by atoms with van der Waals surface area (Å²) < 4.78 is 5.64. The van der Waals surface area contributed by atoms with Crippen LogP contribution in [-0.2, 0) is 13.1 Å². The first kappa shape index (κ1) is 14.8. The molecule has 0 fully saturated rings. The second-order valence-electron chi connectivity index (χ2n) is 5.23. The predicted octanol–water partition coefficient (Wildman–Crippen LogP) is 3.36. The highest BCUT2D eigenvalue weighted by Gasteiger charge is 2.13. The Morgan fingerprint density at radius 2 is 1.85 bits per heavy atom. The number of nitrogens with zero attached hydrogens (tertiary/aromatic N) is 1. The molecule has 1 unspecified atom stereocenters. The summed E-state index contributed by atoms with van der Waals surface area (Å²) in [5, 5.41) is 9.92. The molecule has 0 aliphatic rings. The highest BCUT2D eigenvalue weighted by molar-refractivity contribution is 5.15. The zero-order valence-corrected chi connectivity index (χ0v) is 12.2. The van der Waals surface area contributed by atoms with Crippen LogP contribution in [-0.4, -0.2) is 22.7 Å². The lowest BCUT2D eigenvalue weighted by molar-refractivity contribution is 0.0972. The van der Waals surface area contributed by atoms with E-state index in [-0.39, 0.29) is 6.10 Å². The smallest absolute Gasteiger partial charge is 0.118 e. The summed E-state index contributed by atoms with van der Waals surface area (Å²) in [4.78, 5) is 2.22. The molecule has 0 saturated heterocycles. The maximum atomic E-state index is 9.92. The van der Waals surface area contributed by atoms with E-state index in [9.17, 15) is 5.11 Å². The van der Waals surface area contributed by atoms with Crippen LogP contribution in [0.1, 0.15) is 30.4 Å². The van der Waals surface area contributed by atoms with Crippen LogP contribution in [0, 0.1) is 6.92 Å². The van der Waals surface area contributed by atoms with Crippen molar-refractivity contribution in [1.82, 2.24) is 4.90 Å². The van der Waals surface area contributed by atoms with E-state index in [0.717, 1.165) is 31.0 Å². The van der Waals surface area contributed by atoms with Crippen LogP contribution in [0.25, 0.3) is 0 Å². The third-order valence-corrected chi connectivity index (χ3v) is 3.36. The van der Waals surface area contributed by atoms with Crippen molar-refractivity contribution in [2.75, 3.05) is 6.54 Å². The highest BCUT2D eigenvalue weighted by atomic mass is 16.3. The number of benzene rings is 1. The third-order valence-electron chi connectivity index (χ3n) is 3.36. The standard InChI is InChI=1S/C17H23NO2/c1-3-16(19)12-18(11-15-7-5-4-6-8-15)13-17-10-9-14(2)20-17/h4-10,16,19H,3,11-13H2,1-2H3. The van der Waals surface area contributed by atoms with Gasteiger partial charge in [0.2, 0.25) is 0 Å². The van der Waals surface area contributed by atoms with Gasteiger partial charge in [0.05, 0.1) is 12.6 Å². The zero-order chi connectivity index (χ0) is 14.4. The Morgan fingerprint density at radius 3 is 2.45 bits per heavy atom. The average Bonchev–Trinajstić information content (AvgIpc) is 2.85. The van der Waals surface area contributed by atoms with Crippen LogP contribution in [0.3, 0.4) is 0 Å². The first-order valence-electron chi connectivity index (χ1n) is 7.17. The topological polar surface area (TPSA) is 36.6 Å². The van der Waals surface area contributed by atoms with Crippen molar-refractivity contribution in [2.45, 2.75) is 39.5 Å². The maximum Gasteiger partial charge on any atom is 0.118 e. The van der Waals surface area contributed by atoms with E-state index >= 15 is 0 Å². The van der Waals surface area contributed by atoms with E-state index in [1.165, 1.54) is 5.56 Å². The molecule has 3 nitrogen and oxygen atoms in total. The van der Waals surface area contributed by atoms with Crippen LogP contribution in [0.2, 0.25) is 0 Å². The number of hydrogen-bond donors (Lipinski definition) is 1. The van der Waals surface area contributed by atoms with E-state index in [0.29, 0.717) is 6.54 Å². The molecule has 1 aromatic carbocycles. The average molecular weight is 273 g/mol. The molecule has 0 saturated carbocycles. The molecule has 0 aliphatic heterocycles. The van der Waals surface area contributed by atoms with Gasteiger partial charge in [-0.2, -0.15) is 0 Å². The summed E-state index contributed by atoms with van der Waals surface area (Å²) in [6.07, 6.45) is 0.470. The van der Waals surface area contributed by atoms with Gasteiger partial charge >= 0.3 is 0 Å². The van der Waals surface area contributed by atoms with E-state index in [1.54, 1.807) is 0 Å². The minimum atomic E-state index is -0.297. The summed E-state index contributed by atoms with van der Waals surface area (Å²) in [5.41, 5.74) is 1.25. The van der Waals surface area contributed by atoms with Gasteiger partial charge in [-0.1, -0.05) is 37.3 Å². The van der Waals surface area contributed by atoms with Crippen molar-refractivity contribution in [1.29, 1.82) is 0 Å². The molecule has 1 N–H and O–H groups in total. The maximum absolute atomic E-state index is 9.92. The summed E-state index contributed by atoms with van der Waals surface area (Å²) in [7, 11) is 0. The van der Waals surface area contributed by atoms with Gasteiger partial charge in [-0.05, 0) is 31.0 Å². The van der Waals surface area contributed by atoms with Gasteiger partial charge in [0, 0.05) is 13.1 Å². The number of hydrogen-bond acceptors (Lipinski definition) is 3. The Bertz CT molecular complexity index is 507. The van der Waals surface area contributed by atoms with E-state index in [2.05, 4.69) is 17.0 Å². The van der Waals surface area contributed by atoms with E-state index in [1.807, 2.05) is 44.2 Å². The van der Waals surface area contributed by atoms with Crippen molar-refractivity contribution in [3.63, 3.8) is 0 Å². The number of rotatable bonds is 7. The van der Waals surface area contributed by atoms with Crippen LogP contribution >= 0.6 is 0 Å². The minimum Gasteiger partial charge on any atom is -0.465 e. The molecule has 2 rings (SSSR count). The van der Waals surface area contributed by atoms with Gasteiger partial charge in [-0.3, -0.25) is 4.90 Å². The fraction of sp³-hybridized carbons (Fsp3) is 0.412. The second-order valence-corrected chi connectivity index (χ2v) is 5.23. The van der Waals surface area contributed by atoms with Crippen LogP contribution < -0.4 is 0 Å². The molecule has 1 aromatic heterocycles. The van der Waals surface area contributed by atoms with Gasteiger partial charge < -0.3 is 9.52 Å².